The summed E-state index contributed by atoms with van der Waals surface area (Å²) in [6.07, 6.45) is 1.56. The van der Waals surface area contributed by atoms with E-state index >= 15 is 0 Å². The van der Waals surface area contributed by atoms with Crippen LogP contribution in [-0.2, 0) is 16.6 Å². The maximum Gasteiger partial charge on any atom is 0.255 e. The van der Waals surface area contributed by atoms with Crippen LogP contribution in [0.4, 0.5) is 5.69 Å². The van der Waals surface area contributed by atoms with Crippen LogP contribution < -0.4 is 5.32 Å². The molecule has 0 fully saturated rings. The van der Waals surface area contributed by atoms with Crippen LogP contribution in [0, 0.1) is 6.92 Å². The van der Waals surface area contributed by atoms with Gasteiger partial charge in [-0.15, -0.1) is 6.58 Å². The number of para-hydroxylation sites is 1. The van der Waals surface area contributed by atoms with Gasteiger partial charge in [0.15, 0.2) is 0 Å². The normalized spacial score (nSPS) is 11.3. The molecule has 3 aromatic rings. The first-order valence-corrected chi connectivity index (χ1v) is 11.0. The van der Waals surface area contributed by atoms with Gasteiger partial charge in [-0.1, -0.05) is 54.1 Å². The summed E-state index contributed by atoms with van der Waals surface area (Å²) in [6, 6.07) is 22.9. The van der Waals surface area contributed by atoms with Gasteiger partial charge >= 0.3 is 0 Å². The lowest BCUT2D eigenvalue weighted by molar-refractivity contribution is 0.102. The molecule has 6 heteroatoms. The van der Waals surface area contributed by atoms with Crippen molar-refractivity contribution in [1.29, 1.82) is 0 Å². The highest BCUT2D eigenvalue weighted by atomic mass is 32.2. The molecule has 0 bridgehead atoms. The number of hydrogen-bond acceptors (Lipinski definition) is 3. The second kappa shape index (κ2) is 9.52. The number of nitrogens with one attached hydrogen (secondary N) is 1. The maximum absolute atomic E-state index is 13.0. The van der Waals surface area contributed by atoms with E-state index in [0.717, 1.165) is 11.1 Å². The number of sulfonamides is 1. The van der Waals surface area contributed by atoms with Crippen LogP contribution in [0.5, 0.6) is 0 Å². The minimum Gasteiger partial charge on any atom is -0.322 e. The maximum atomic E-state index is 13.0. The van der Waals surface area contributed by atoms with Gasteiger partial charge in [-0.3, -0.25) is 4.79 Å². The van der Waals surface area contributed by atoms with Crippen molar-refractivity contribution in [2.45, 2.75) is 18.4 Å². The molecule has 0 aliphatic rings. The van der Waals surface area contributed by atoms with E-state index in [2.05, 4.69) is 11.9 Å². The Morgan fingerprint density at radius 2 is 1.60 bits per heavy atom. The summed E-state index contributed by atoms with van der Waals surface area (Å²) in [7, 11) is -3.66. The van der Waals surface area contributed by atoms with Gasteiger partial charge in [0.25, 0.3) is 5.91 Å². The molecule has 30 heavy (non-hydrogen) atoms. The van der Waals surface area contributed by atoms with Crippen molar-refractivity contribution in [2.75, 3.05) is 11.9 Å². The first-order valence-electron chi connectivity index (χ1n) is 9.53. The molecule has 0 aliphatic carbocycles. The van der Waals surface area contributed by atoms with E-state index in [4.69, 9.17) is 0 Å². The topological polar surface area (TPSA) is 66.5 Å². The second-order valence-corrected chi connectivity index (χ2v) is 8.85. The monoisotopic (exact) mass is 420 g/mol. The Kier molecular flexibility index (Phi) is 6.82. The molecule has 0 aliphatic heterocycles. The van der Waals surface area contributed by atoms with Gasteiger partial charge in [-0.05, 0) is 48.9 Å². The molecular formula is C24H24N2O3S. The van der Waals surface area contributed by atoms with Crippen LogP contribution in [0.2, 0.25) is 0 Å². The van der Waals surface area contributed by atoms with Crippen molar-refractivity contribution < 1.29 is 13.2 Å². The van der Waals surface area contributed by atoms with Crippen LogP contribution in [0.25, 0.3) is 0 Å². The minimum atomic E-state index is -3.66. The van der Waals surface area contributed by atoms with Gasteiger partial charge in [0, 0.05) is 24.3 Å². The van der Waals surface area contributed by atoms with Gasteiger partial charge in [0.05, 0.1) is 4.90 Å². The molecule has 1 amide bonds. The highest BCUT2D eigenvalue weighted by Gasteiger charge is 2.23. The summed E-state index contributed by atoms with van der Waals surface area (Å²) in [4.78, 5) is 12.6. The molecule has 0 radical (unpaired) electrons. The Morgan fingerprint density at radius 1 is 0.967 bits per heavy atom. The van der Waals surface area contributed by atoms with Crippen molar-refractivity contribution in [3.8, 4) is 0 Å². The first-order chi connectivity index (χ1) is 14.4. The number of benzene rings is 3. The first kappa shape index (κ1) is 21.5. The highest BCUT2D eigenvalue weighted by Crippen LogP contribution is 2.19. The van der Waals surface area contributed by atoms with Gasteiger partial charge in [0.2, 0.25) is 10.0 Å². The molecule has 3 aromatic carbocycles. The fourth-order valence-corrected chi connectivity index (χ4v) is 4.34. The van der Waals surface area contributed by atoms with E-state index in [0.29, 0.717) is 11.3 Å². The lowest BCUT2D eigenvalue weighted by Crippen LogP contribution is -2.30. The molecular weight excluding hydrogens is 396 g/mol. The number of carbonyl (C=O) groups is 1. The Morgan fingerprint density at radius 3 is 2.20 bits per heavy atom. The smallest absolute Gasteiger partial charge is 0.255 e. The molecule has 0 saturated heterocycles. The van der Waals surface area contributed by atoms with E-state index in [1.165, 1.54) is 4.31 Å². The van der Waals surface area contributed by atoms with Crippen LogP contribution >= 0.6 is 0 Å². The number of rotatable bonds is 8. The zero-order chi connectivity index (χ0) is 21.6. The van der Waals surface area contributed by atoms with Gasteiger partial charge in [0.1, 0.15) is 0 Å². The fourth-order valence-electron chi connectivity index (χ4n) is 2.94. The number of amides is 1. The molecule has 154 valence electrons. The molecule has 1 N–H and O–H groups in total. The molecule has 0 aromatic heterocycles. The average Bonchev–Trinajstić information content (AvgIpc) is 2.75. The van der Waals surface area contributed by atoms with Crippen LogP contribution in [0.3, 0.4) is 0 Å². The van der Waals surface area contributed by atoms with Crippen molar-refractivity contribution in [2.24, 2.45) is 0 Å². The summed E-state index contributed by atoms with van der Waals surface area (Å²) >= 11 is 0. The van der Waals surface area contributed by atoms with Gasteiger partial charge < -0.3 is 5.32 Å². The molecule has 0 saturated carbocycles. The van der Waals surface area contributed by atoms with E-state index in [1.807, 2.05) is 37.3 Å². The summed E-state index contributed by atoms with van der Waals surface area (Å²) in [5.74, 6) is -0.219. The van der Waals surface area contributed by atoms with Crippen LogP contribution in [-0.4, -0.2) is 25.2 Å². The number of aryl methyl sites for hydroxylation is 1. The Balaban J connectivity index is 1.75. The summed E-state index contributed by atoms with van der Waals surface area (Å²) in [5.41, 5.74) is 2.99. The van der Waals surface area contributed by atoms with E-state index in [1.54, 1.807) is 54.6 Å². The molecule has 0 unspecified atom stereocenters. The third-order valence-electron chi connectivity index (χ3n) is 4.60. The van der Waals surface area contributed by atoms with E-state index in [9.17, 15) is 13.2 Å². The second-order valence-electron chi connectivity index (χ2n) is 6.92. The SMILES string of the molecule is C=CCN(Cc1ccc(C(=O)Nc2ccccc2)cc1)S(=O)(=O)c1ccc(C)cc1. The number of anilines is 1. The highest BCUT2D eigenvalue weighted by molar-refractivity contribution is 7.89. The zero-order valence-corrected chi connectivity index (χ0v) is 17.6. The molecule has 0 heterocycles. The lowest BCUT2D eigenvalue weighted by atomic mass is 10.1. The molecule has 0 atom stereocenters. The number of carbonyl (C=O) groups excluding carboxylic acids is 1. The zero-order valence-electron chi connectivity index (χ0n) is 16.8. The van der Waals surface area contributed by atoms with Gasteiger partial charge in [-0.2, -0.15) is 4.31 Å². The molecule has 3 rings (SSSR count). The van der Waals surface area contributed by atoms with Crippen molar-refractivity contribution >= 4 is 21.6 Å². The Bertz CT molecular complexity index is 1110. The number of nitrogens with zero attached hydrogens (tertiary/aromatic N) is 1. The lowest BCUT2D eigenvalue weighted by Gasteiger charge is -2.21. The standard InChI is InChI=1S/C24H24N2O3S/c1-3-17-26(30(28,29)23-15-9-19(2)10-16-23)18-20-11-13-21(14-12-20)24(27)25-22-7-5-4-6-8-22/h3-16H,1,17-18H2,2H3,(H,25,27). The van der Waals surface area contributed by atoms with Crippen molar-refractivity contribution in [1.82, 2.24) is 4.31 Å². The van der Waals surface area contributed by atoms with Crippen LogP contribution in [0.15, 0.2) is 96.4 Å². The third-order valence-corrected chi connectivity index (χ3v) is 6.42. The number of hydrogen-bond donors (Lipinski definition) is 1. The van der Waals surface area contributed by atoms with Gasteiger partial charge in [-0.25, -0.2) is 8.42 Å². The minimum absolute atomic E-state index is 0.183. The molecule has 0 spiro atoms. The average molecular weight is 421 g/mol. The summed E-state index contributed by atoms with van der Waals surface area (Å²) in [6.45, 7) is 5.96. The predicted octanol–water partition coefficient (Wildman–Crippen LogP) is 4.62. The van der Waals surface area contributed by atoms with E-state index in [-0.39, 0.29) is 23.9 Å². The molecule has 5 nitrogen and oxygen atoms in total. The quantitative estimate of drug-likeness (QED) is 0.541. The van der Waals surface area contributed by atoms with Crippen molar-refractivity contribution in [3.63, 3.8) is 0 Å². The van der Waals surface area contributed by atoms with Crippen LogP contribution in [0.1, 0.15) is 21.5 Å². The third kappa shape index (κ3) is 5.23. The fraction of sp³-hybridized carbons (Fsp3) is 0.125. The largest absolute Gasteiger partial charge is 0.322 e. The van der Waals surface area contributed by atoms with E-state index < -0.39 is 10.0 Å². The Hall–Kier alpha value is -3.22. The Labute approximate surface area is 177 Å². The van der Waals surface area contributed by atoms with Crippen molar-refractivity contribution in [3.05, 3.63) is 108 Å². The summed E-state index contributed by atoms with van der Waals surface area (Å²) in [5, 5.41) is 2.83. The predicted molar refractivity (Wildman–Crippen MR) is 120 cm³/mol. The summed E-state index contributed by atoms with van der Waals surface area (Å²) < 4.78 is 27.4.